The largest absolute Gasteiger partial charge is 0.493 e. The fourth-order valence-electron chi connectivity index (χ4n) is 2.33. The number of carbonyl (C=O) groups excluding carboxylic acids is 1. The van der Waals surface area contributed by atoms with Crippen LogP contribution in [0.4, 0.5) is 5.69 Å². The minimum Gasteiger partial charge on any atom is -0.493 e. The number of hydrogen-bond acceptors (Lipinski definition) is 5. The third-order valence-corrected chi connectivity index (χ3v) is 3.77. The summed E-state index contributed by atoms with van der Waals surface area (Å²) in [6.45, 7) is 1.66. The molecule has 1 atom stereocenters. The second-order valence-corrected chi connectivity index (χ2v) is 5.44. The highest BCUT2D eigenvalue weighted by atomic mass is 35.5. The molecule has 25 heavy (non-hydrogen) atoms. The number of hydrogen-bond donors (Lipinski definition) is 2. The first-order valence-electron chi connectivity index (χ1n) is 7.40. The smallest absolute Gasteiger partial charge is 0.248 e. The molecule has 0 aromatic heterocycles. The van der Waals surface area contributed by atoms with Crippen molar-refractivity contribution in [2.24, 2.45) is 5.73 Å². The zero-order valence-corrected chi connectivity index (χ0v) is 15.5. The molecular formula is C18H23ClN2O4. The number of rotatable bonds is 6. The zero-order valence-electron chi connectivity index (χ0n) is 14.7. The van der Waals surface area contributed by atoms with Crippen molar-refractivity contribution >= 4 is 24.0 Å². The number of anilines is 1. The van der Waals surface area contributed by atoms with E-state index in [1.807, 2.05) is 30.3 Å². The molecule has 0 bridgehead atoms. The van der Waals surface area contributed by atoms with E-state index in [4.69, 9.17) is 19.9 Å². The molecule has 7 heteroatoms. The predicted molar refractivity (Wildman–Crippen MR) is 100.0 cm³/mol. The Morgan fingerprint density at radius 1 is 1.00 bits per heavy atom. The number of ether oxygens (including phenoxy) is 3. The molecule has 0 heterocycles. The van der Waals surface area contributed by atoms with Gasteiger partial charge in [-0.15, -0.1) is 12.4 Å². The number of benzene rings is 2. The maximum absolute atomic E-state index is 12.6. The maximum Gasteiger partial charge on any atom is 0.248 e. The topological polar surface area (TPSA) is 82.8 Å². The van der Waals surface area contributed by atoms with Gasteiger partial charge in [0.15, 0.2) is 11.5 Å². The van der Waals surface area contributed by atoms with Crippen molar-refractivity contribution in [1.29, 1.82) is 0 Å². The van der Waals surface area contributed by atoms with Crippen molar-refractivity contribution in [2.45, 2.75) is 12.5 Å². The lowest BCUT2D eigenvalue weighted by Gasteiger charge is -2.24. The van der Waals surface area contributed by atoms with Crippen molar-refractivity contribution in [3.05, 3.63) is 48.0 Å². The summed E-state index contributed by atoms with van der Waals surface area (Å²) in [5.41, 5.74) is 6.27. The average Bonchev–Trinajstić information content (AvgIpc) is 2.61. The van der Waals surface area contributed by atoms with Gasteiger partial charge in [-0.1, -0.05) is 30.3 Å². The second kappa shape index (κ2) is 8.60. The average molecular weight is 367 g/mol. The first-order valence-corrected chi connectivity index (χ1v) is 7.40. The van der Waals surface area contributed by atoms with E-state index in [1.54, 1.807) is 19.1 Å². The summed E-state index contributed by atoms with van der Waals surface area (Å²) in [6, 6.07) is 12.5. The van der Waals surface area contributed by atoms with Crippen molar-refractivity contribution in [3.63, 3.8) is 0 Å². The Balaban J connectivity index is 0.00000312. The number of methoxy groups -OCH3 is 3. The minimum atomic E-state index is -1.18. The van der Waals surface area contributed by atoms with Crippen LogP contribution in [0.2, 0.25) is 0 Å². The van der Waals surface area contributed by atoms with Crippen LogP contribution in [0.15, 0.2) is 42.5 Å². The Morgan fingerprint density at radius 2 is 1.52 bits per heavy atom. The minimum absolute atomic E-state index is 0. The highest BCUT2D eigenvalue weighted by Crippen LogP contribution is 2.40. The van der Waals surface area contributed by atoms with Gasteiger partial charge in [0, 0.05) is 17.8 Å². The van der Waals surface area contributed by atoms with E-state index in [0.29, 0.717) is 22.9 Å². The fraction of sp³-hybridized carbons (Fsp3) is 0.278. The third kappa shape index (κ3) is 4.35. The van der Waals surface area contributed by atoms with Crippen LogP contribution in [0.1, 0.15) is 12.5 Å². The second-order valence-electron chi connectivity index (χ2n) is 5.44. The van der Waals surface area contributed by atoms with Gasteiger partial charge in [-0.2, -0.15) is 0 Å². The molecule has 0 spiro atoms. The van der Waals surface area contributed by atoms with E-state index in [0.717, 1.165) is 5.56 Å². The highest BCUT2D eigenvalue weighted by Gasteiger charge is 2.30. The van der Waals surface area contributed by atoms with Gasteiger partial charge in [0.2, 0.25) is 11.7 Å². The Hall–Kier alpha value is -2.44. The molecule has 1 amide bonds. The van der Waals surface area contributed by atoms with Crippen LogP contribution in [0.3, 0.4) is 0 Å². The van der Waals surface area contributed by atoms with Crippen LogP contribution in [0, 0.1) is 0 Å². The Morgan fingerprint density at radius 3 is 1.96 bits per heavy atom. The van der Waals surface area contributed by atoms with Crippen LogP contribution < -0.4 is 25.3 Å². The van der Waals surface area contributed by atoms with Crippen LogP contribution in [-0.2, 0) is 10.3 Å². The number of carbonyl (C=O) groups is 1. The van der Waals surface area contributed by atoms with Gasteiger partial charge < -0.3 is 25.3 Å². The van der Waals surface area contributed by atoms with E-state index in [2.05, 4.69) is 5.32 Å². The van der Waals surface area contributed by atoms with Crippen LogP contribution in [0.25, 0.3) is 0 Å². The molecule has 1 unspecified atom stereocenters. The van der Waals surface area contributed by atoms with Gasteiger partial charge in [-0.05, 0) is 12.5 Å². The molecule has 0 radical (unpaired) electrons. The molecule has 0 aliphatic heterocycles. The molecule has 0 saturated carbocycles. The predicted octanol–water partition coefficient (Wildman–Crippen LogP) is 2.95. The number of amides is 1. The fourth-order valence-corrected chi connectivity index (χ4v) is 2.33. The zero-order chi connectivity index (χ0) is 17.7. The third-order valence-electron chi connectivity index (χ3n) is 3.77. The lowest BCUT2D eigenvalue weighted by molar-refractivity contribution is -0.120. The summed E-state index contributed by atoms with van der Waals surface area (Å²) >= 11 is 0. The Bertz CT molecular complexity index is 695. The van der Waals surface area contributed by atoms with E-state index in [-0.39, 0.29) is 18.3 Å². The van der Waals surface area contributed by atoms with Gasteiger partial charge >= 0.3 is 0 Å². The highest BCUT2D eigenvalue weighted by molar-refractivity contribution is 5.98. The number of halogens is 1. The van der Waals surface area contributed by atoms with E-state index in [1.165, 1.54) is 21.3 Å². The molecule has 6 nitrogen and oxygen atoms in total. The molecule has 0 aliphatic rings. The molecule has 0 fully saturated rings. The summed E-state index contributed by atoms with van der Waals surface area (Å²) in [4.78, 5) is 12.6. The molecule has 2 aromatic rings. The molecule has 2 rings (SSSR count). The summed E-state index contributed by atoms with van der Waals surface area (Å²) < 4.78 is 15.8. The molecule has 0 saturated heterocycles. The lowest BCUT2D eigenvalue weighted by Crippen LogP contribution is -2.45. The molecule has 2 aromatic carbocycles. The van der Waals surface area contributed by atoms with Crippen LogP contribution >= 0.6 is 12.4 Å². The van der Waals surface area contributed by atoms with Crippen molar-refractivity contribution in [3.8, 4) is 17.2 Å². The van der Waals surface area contributed by atoms with Gasteiger partial charge in [0.05, 0.1) is 21.3 Å². The van der Waals surface area contributed by atoms with Crippen molar-refractivity contribution < 1.29 is 19.0 Å². The van der Waals surface area contributed by atoms with E-state index < -0.39 is 5.54 Å². The van der Waals surface area contributed by atoms with Gasteiger partial charge in [-0.25, -0.2) is 0 Å². The number of nitrogens with one attached hydrogen (secondary N) is 1. The van der Waals surface area contributed by atoms with E-state index >= 15 is 0 Å². The van der Waals surface area contributed by atoms with Gasteiger partial charge in [0.25, 0.3) is 0 Å². The normalized spacial score (nSPS) is 12.4. The van der Waals surface area contributed by atoms with Crippen LogP contribution in [0.5, 0.6) is 17.2 Å². The molecular weight excluding hydrogens is 344 g/mol. The summed E-state index contributed by atoms with van der Waals surface area (Å²) in [5.74, 6) is 1.01. The van der Waals surface area contributed by atoms with Gasteiger partial charge in [0.1, 0.15) is 5.54 Å². The maximum atomic E-state index is 12.6. The van der Waals surface area contributed by atoms with Crippen molar-refractivity contribution in [1.82, 2.24) is 0 Å². The first-order chi connectivity index (χ1) is 11.4. The monoisotopic (exact) mass is 366 g/mol. The standard InChI is InChI=1S/C18H22N2O4.ClH/c1-18(19,12-8-6-5-7-9-12)17(21)20-13-10-14(22-2)16(24-4)15(11-13)23-3;/h5-11H,19H2,1-4H3,(H,20,21);1H. The Kier molecular flexibility index (Phi) is 7.09. The van der Waals surface area contributed by atoms with E-state index in [9.17, 15) is 4.79 Å². The Labute approximate surface area is 153 Å². The molecule has 3 N–H and O–H groups in total. The number of nitrogens with two attached hydrogens (primary N) is 1. The SMILES string of the molecule is COc1cc(NC(=O)C(C)(N)c2ccccc2)cc(OC)c1OC.Cl. The molecule has 0 aliphatic carbocycles. The summed E-state index contributed by atoms with van der Waals surface area (Å²) in [5, 5.41) is 2.80. The first kappa shape index (κ1) is 20.6. The van der Waals surface area contributed by atoms with Crippen molar-refractivity contribution in [2.75, 3.05) is 26.6 Å². The molecule has 136 valence electrons. The van der Waals surface area contributed by atoms with Crippen LogP contribution in [-0.4, -0.2) is 27.2 Å². The summed E-state index contributed by atoms with van der Waals surface area (Å²) in [6.07, 6.45) is 0. The van der Waals surface area contributed by atoms with Gasteiger partial charge in [-0.3, -0.25) is 4.79 Å². The lowest BCUT2D eigenvalue weighted by atomic mass is 9.92. The summed E-state index contributed by atoms with van der Waals surface area (Å²) in [7, 11) is 4.55. The quantitative estimate of drug-likeness (QED) is 0.821.